The van der Waals surface area contributed by atoms with Crippen LogP contribution in [0.1, 0.15) is 22.7 Å². The third-order valence-corrected chi connectivity index (χ3v) is 8.07. The SMILES string of the molecule is COc1cc(Cl)c(C)cc1N1C(=O)CSc2c(c3ccccc3n2C)[C@@H]1C(=O)NCc1ccccc1. The Balaban J connectivity index is 1.70. The Bertz CT molecular complexity index is 1470. The van der Waals surface area contributed by atoms with E-state index < -0.39 is 6.04 Å². The van der Waals surface area contributed by atoms with E-state index in [0.717, 1.165) is 32.6 Å². The average Bonchev–Trinajstić information content (AvgIpc) is 3.07. The predicted molar refractivity (Wildman–Crippen MR) is 145 cm³/mol. The summed E-state index contributed by atoms with van der Waals surface area (Å²) in [7, 11) is 3.51. The van der Waals surface area contributed by atoms with Gasteiger partial charge >= 0.3 is 0 Å². The van der Waals surface area contributed by atoms with Crippen molar-refractivity contribution in [3.05, 3.63) is 88.4 Å². The summed E-state index contributed by atoms with van der Waals surface area (Å²) in [4.78, 5) is 29.3. The number of nitrogens with one attached hydrogen (secondary N) is 1. The molecule has 3 aromatic carbocycles. The fourth-order valence-electron chi connectivity index (χ4n) is 4.71. The first kappa shape index (κ1) is 24.3. The van der Waals surface area contributed by atoms with Crippen molar-refractivity contribution >= 4 is 51.8 Å². The minimum atomic E-state index is -0.896. The molecule has 8 heteroatoms. The second kappa shape index (κ2) is 9.91. The molecule has 0 saturated heterocycles. The monoisotopic (exact) mass is 519 g/mol. The van der Waals surface area contributed by atoms with E-state index in [1.54, 1.807) is 11.0 Å². The average molecular weight is 520 g/mol. The lowest BCUT2D eigenvalue weighted by Crippen LogP contribution is -2.44. The fourth-order valence-corrected chi connectivity index (χ4v) is 5.94. The van der Waals surface area contributed by atoms with Gasteiger partial charge in [-0.1, -0.05) is 71.9 Å². The summed E-state index contributed by atoms with van der Waals surface area (Å²) in [5, 5.41) is 5.44. The molecular weight excluding hydrogens is 494 g/mol. The number of thioether (sulfide) groups is 1. The van der Waals surface area contributed by atoms with Gasteiger partial charge in [-0.25, -0.2) is 0 Å². The Labute approximate surface area is 219 Å². The van der Waals surface area contributed by atoms with Gasteiger partial charge in [-0.05, 0) is 30.2 Å². The molecule has 1 aliphatic heterocycles. The van der Waals surface area contributed by atoms with Gasteiger partial charge in [-0.15, -0.1) is 0 Å². The van der Waals surface area contributed by atoms with Gasteiger partial charge < -0.3 is 14.6 Å². The number of carbonyl (C=O) groups is 2. The number of hydrogen-bond acceptors (Lipinski definition) is 4. The first-order chi connectivity index (χ1) is 17.4. The summed E-state index contributed by atoms with van der Waals surface area (Å²) in [5.74, 6) is 0.181. The van der Waals surface area contributed by atoms with E-state index in [1.807, 2.05) is 74.6 Å². The zero-order valence-electron chi connectivity index (χ0n) is 20.2. The number of hydrogen-bond donors (Lipinski definition) is 1. The van der Waals surface area contributed by atoms with Crippen molar-refractivity contribution in [3.63, 3.8) is 0 Å². The first-order valence-electron chi connectivity index (χ1n) is 11.6. The van der Waals surface area contributed by atoms with Gasteiger partial charge in [0.05, 0.1) is 23.6 Å². The standard InChI is InChI=1S/C28H26ClN3O3S/c1-17-13-22(23(35-3)14-20(17)29)32-24(33)16-36-28-25(19-11-7-8-12-21(19)31(28)2)26(32)27(34)30-15-18-9-5-4-6-10-18/h4-14,26H,15-16H2,1-3H3,(H,30,34)/t26-/m1/s1. The number of aromatic nitrogens is 1. The second-order valence-corrected chi connectivity index (χ2v) is 10.1. The number of ether oxygens (including phenoxy) is 1. The van der Waals surface area contributed by atoms with Crippen LogP contribution >= 0.6 is 23.4 Å². The summed E-state index contributed by atoms with van der Waals surface area (Å²) < 4.78 is 7.70. The van der Waals surface area contributed by atoms with Crippen molar-refractivity contribution < 1.29 is 14.3 Å². The summed E-state index contributed by atoms with van der Waals surface area (Å²) in [6.45, 7) is 2.22. The zero-order valence-corrected chi connectivity index (χ0v) is 21.8. The number of nitrogens with zero attached hydrogens (tertiary/aromatic N) is 2. The molecule has 2 amide bonds. The molecule has 0 saturated carbocycles. The van der Waals surface area contributed by atoms with Crippen LogP contribution in [0, 0.1) is 6.92 Å². The number of para-hydroxylation sites is 1. The van der Waals surface area contributed by atoms with E-state index in [0.29, 0.717) is 23.0 Å². The van der Waals surface area contributed by atoms with Gasteiger partial charge in [0, 0.05) is 41.1 Å². The summed E-state index contributed by atoms with van der Waals surface area (Å²) >= 11 is 7.83. The van der Waals surface area contributed by atoms with E-state index in [2.05, 4.69) is 9.88 Å². The Morgan fingerprint density at radius 2 is 1.86 bits per heavy atom. The minimum absolute atomic E-state index is 0.180. The van der Waals surface area contributed by atoms with Crippen LogP contribution in [0.3, 0.4) is 0 Å². The van der Waals surface area contributed by atoms with Crippen molar-refractivity contribution in [2.45, 2.75) is 24.5 Å². The van der Waals surface area contributed by atoms with Gasteiger partial charge in [0.2, 0.25) is 11.8 Å². The van der Waals surface area contributed by atoms with E-state index in [9.17, 15) is 9.59 Å². The minimum Gasteiger partial charge on any atom is -0.495 e. The van der Waals surface area contributed by atoms with E-state index >= 15 is 0 Å². The highest BCUT2D eigenvalue weighted by molar-refractivity contribution is 8.00. The molecule has 4 aromatic rings. The number of rotatable bonds is 5. The van der Waals surface area contributed by atoms with Crippen LogP contribution in [0.25, 0.3) is 10.9 Å². The number of fused-ring (bicyclic) bond motifs is 3. The number of methoxy groups -OCH3 is 1. The number of carbonyl (C=O) groups excluding carboxylic acids is 2. The van der Waals surface area contributed by atoms with Crippen LogP contribution in [-0.4, -0.2) is 29.2 Å². The lowest BCUT2D eigenvalue weighted by molar-refractivity contribution is -0.125. The quantitative estimate of drug-likeness (QED) is 0.370. The van der Waals surface area contributed by atoms with E-state index in [4.69, 9.17) is 16.3 Å². The zero-order chi connectivity index (χ0) is 25.4. The normalized spacial score (nSPS) is 15.5. The van der Waals surface area contributed by atoms with Crippen LogP contribution < -0.4 is 15.0 Å². The molecule has 36 heavy (non-hydrogen) atoms. The smallest absolute Gasteiger partial charge is 0.248 e. The molecule has 6 nitrogen and oxygen atoms in total. The molecule has 184 valence electrons. The highest BCUT2D eigenvalue weighted by Gasteiger charge is 2.40. The largest absolute Gasteiger partial charge is 0.495 e. The molecule has 0 fully saturated rings. The van der Waals surface area contributed by atoms with Gasteiger partial charge in [0.1, 0.15) is 11.8 Å². The highest BCUT2D eigenvalue weighted by atomic mass is 35.5. The maximum Gasteiger partial charge on any atom is 0.248 e. The van der Waals surface area contributed by atoms with Gasteiger partial charge in [0.15, 0.2) is 0 Å². The Hall–Kier alpha value is -3.42. The molecule has 1 N–H and O–H groups in total. The molecule has 0 aliphatic carbocycles. The summed E-state index contributed by atoms with van der Waals surface area (Å²) in [6, 6.07) is 20.3. The maximum atomic E-state index is 14.0. The fraction of sp³-hybridized carbons (Fsp3) is 0.214. The van der Waals surface area contributed by atoms with E-state index in [1.165, 1.54) is 18.9 Å². The first-order valence-corrected chi connectivity index (χ1v) is 12.9. The second-order valence-electron chi connectivity index (χ2n) is 8.73. The Morgan fingerprint density at radius 1 is 1.14 bits per heavy atom. The van der Waals surface area contributed by atoms with Crippen LogP contribution in [0.4, 0.5) is 5.69 Å². The van der Waals surface area contributed by atoms with Gasteiger partial charge in [-0.2, -0.15) is 0 Å². The predicted octanol–water partition coefficient (Wildman–Crippen LogP) is 5.65. The molecular formula is C28H26ClN3O3S. The molecule has 2 heterocycles. The molecule has 5 rings (SSSR count). The van der Waals surface area contributed by atoms with Crippen LogP contribution in [0.2, 0.25) is 5.02 Å². The third kappa shape index (κ3) is 4.22. The number of anilines is 1. The lowest BCUT2D eigenvalue weighted by Gasteiger charge is -2.31. The number of aryl methyl sites for hydroxylation is 2. The lowest BCUT2D eigenvalue weighted by atomic mass is 10.0. The number of benzene rings is 3. The Kier molecular flexibility index (Phi) is 6.69. The molecule has 1 atom stereocenters. The van der Waals surface area contributed by atoms with Crippen molar-refractivity contribution in [1.29, 1.82) is 0 Å². The topological polar surface area (TPSA) is 63.6 Å². The molecule has 1 aliphatic rings. The van der Waals surface area contributed by atoms with Gasteiger partial charge in [0.25, 0.3) is 0 Å². The van der Waals surface area contributed by atoms with Crippen LogP contribution in [0.15, 0.2) is 71.8 Å². The van der Waals surface area contributed by atoms with Crippen LogP contribution in [0.5, 0.6) is 5.75 Å². The molecule has 1 aromatic heterocycles. The van der Waals surface area contributed by atoms with Crippen molar-refractivity contribution in [2.24, 2.45) is 7.05 Å². The van der Waals surface area contributed by atoms with E-state index in [-0.39, 0.29) is 17.6 Å². The number of halogens is 1. The van der Waals surface area contributed by atoms with Crippen LogP contribution in [-0.2, 0) is 23.2 Å². The summed E-state index contributed by atoms with van der Waals surface area (Å²) in [6.07, 6.45) is 0. The third-order valence-electron chi connectivity index (χ3n) is 6.50. The number of amides is 2. The molecule has 0 radical (unpaired) electrons. The summed E-state index contributed by atoms with van der Waals surface area (Å²) in [5.41, 5.74) is 4.10. The molecule has 0 unspecified atom stereocenters. The van der Waals surface area contributed by atoms with Gasteiger partial charge in [-0.3, -0.25) is 14.5 Å². The van der Waals surface area contributed by atoms with Crippen molar-refractivity contribution in [2.75, 3.05) is 17.8 Å². The van der Waals surface area contributed by atoms with Crippen molar-refractivity contribution in [1.82, 2.24) is 9.88 Å². The maximum absolute atomic E-state index is 14.0. The molecule has 0 spiro atoms. The van der Waals surface area contributed by atoms with Crippen molar-refractivity contribution in [3.8, 4) is 5.75 Å². The molecule has 0 bridgehead atoms. The highest BCUT2D eigenvalue weighted by Crippen LogP contribution is 2.46. The Morgan fingerprint density at radius 3 is 2.61 bits per heavy atom.